The monoisotopic (exact) mass is 311 g/mol. The molecule has 1 fully saturated rings. The highest BCUT2D eigenvalue weighted by Crippen LogP contribution is 2.20. The van der Waals surface area contributed by atoms with Gasteiger partial charge >= 0.3 is 0 Å². The van der Waals surface area contributed by atoms with E-state index in [0.717, 1.165) is 5.56 Å². The molecule has 1 amide bonds. The molecule has 0 saturated carbocycles. The van der Waals surface area contributed by atoms with Gasteiger partial charge in [-0.15, -0.1) is 0 Å². The Morgan fingerprint density at radius 2 is 2.19 bits per heavy atom. The summed E-state index contributed by atoms with van der Waals surface area (Å²) in [6, 6.07) is 7.10. The molecule has 0 aliphatic carbocycles. The number of benzene rings is 1. The van der Waals surface area contributed by atoms with Gasteiger partial charge in [0.2, 0.25) is 0 Å². The van der Waals surface area contributed by atoms with Gasteiger partial charge in [-0.1, -0.05) is 17.7 Å². The molecule has 6 heteroatoms. The van der Waals surface area contributed by atoms with Gasteiger partial charge in [0.25, 0.3) is 5.91 Å². The van der Waals surface area contributed by atoms with Crippen LogP contribution in [0, 0.1) is 6.92 Å². The molecule has 5 nitrogen and oxygen atoms in total. The quantitative estimate of drug-likeness (QED) is 0.821. The molecule has 116 valence electrons. The molecule has 1 atom stereocenters. The number of rotatable bonds is 5. The van der Waals surface area contributed by atoms with Gasteiger partial charge in [-0.2, -0.15) is 0 Å². The van der Waals surface area contributed by atoms with Gasteiger partial charge in [0.05, 0.1) is 18.1 Å². The molecule has 1 unspecified atom stereocenters. The molecule has 0 bridgehead atoms. The Kier molecular flexibility index (Phi) is 5.00. The SMILES string of the molecule is COCCN(C(=O)c1cccc(C)c1)C1CCS(=O)(=O)C1. The fourth-order valence-electron chi connectivity index (χ4n) is 2.60. The van der Waals surface area contributed by atoms with E-state index in [1.165, 1.54) is 0 Å². The molecule has 1 aliphatic rings. The Morgan fingerprint density at radius 3 is 2.76 bits per heavy atom. The lowest BCUT2D eigenvalue weighted by Crippen LogP contribution is -2.43. The number of ether oxygens (including phenoxy) is 1. The summed E-state index contributed by atoms with van der Waals surface area (Å²) in [6.45, 7) is 2.73. The van der Waals surface area contributed by atoms with Crippen LogP contribution in [0.2, 0.25) is 0 Å². The zero-order valence-electron chi connectivity index (χ0n) is 12.4. The zero-order valence-corrected chi connectivity index (χ0v) is 13.2. The Hall–Kier alpha value is -1.40. The summed E-state index contributed by atoms with van der Waals surface area (Å²) in [5.41, 5.74) is 1.60. The second-order valence-electron chi connectivity index (χ2n) is 5.42. The van der Waals surface area contributed by atoms with Crippen LogP contribution in [0.15, 0.2) is 24.3 Å². The smallest absolute Gasteiger partial charge is 0.254 e. The first kappa shape index (κ1) is 16.0. The number of carbonyl (C=O) groups is 1. The van der Waals surface area contributed by atoms with Crippen molar-refractivity contribution >= 4 is 15.7 Å². The molecule has 0 N–H and O–H groups in total. The van der Waals surface area contributed by atoms with Crippen molar-refractivity contribution in [2.75, 3.05) is 31.8 Å². The van der Waals surface area contributed by atoms with Crippen molar-refractivity contribution < 1.29 is 17.9 Å². The standard InChI is InChI=1S/C15H21NO4S/c1-12-4-3-5-13(10-12)15(17)16(7-8-20-2)14-6-9-21(18,19)11-14/h3-5,10,14H,6-9,11H2,1-2H3. The topological polar surface area (TPSA) is 63.7 Å². The summed E-state index contributed by atoms with van der Waals surface area (Å²) in [7, 11) is -1.45. The van der Waals surface area contributed by atoms with Gasteiger partial charge in [-0.05, 0) is 25.5 Å². The highest BCUT2D eigenvalue weighted by atomic mass is 32.2. The lowest BCUT2D eigenvalue weighted by molar-refractivity contribution is 0.0624. The predicted molar refractivity (Wildman–Crippen MR) is 81.2 cm³/mol. The Balaban J connectivity index is 2.21. The average molecular weight is 311 g/mol. The number of carbonyl (C=O) groups excluding carboxylic acids is 1. The van der Waals surface area contributed by atoms with Crippen LogP contribution in [-0.2, 0) is 14.6 Å². The minimum absolute atomic E-state index is 0.0499. The van der Waals surface area contributed by atoms with Crippen molar-refractivity contribution in [2.45, 2.75) is 19.4 Å². The number of nitrogens with zero attached hydrogens (tertiary/aromatic N) is 1. The van der Waals surface area contributed by atoms with Crippen molar-refractivity contribution in [3.63, 3.8) is 0 Å². The molecule has 0 radical (unpaired) electrons. The van der Waals surface area contributed by atoms with Gasteiger partial charge in [0, 0.05) is 25.3 Å². The summed E-state index contributed by atoms with van der Waals surface area (Å²) in [4.78, 5) is 14.3. The van der Waals surface area contributed by atoms with Crippen molar-refractivity contribution in [1.29, 1.82) is 0 Å². The van der Waals surface area contributed by atoms with Gasteiger partial charge in [-0.3, -0.25) is 4.79 Å². The Morgan fingerprint density at radius 1 is 1.43 bits per heavy atom. The van der Waals surface area contributed by atoms with Crippen LogP contribution >= 0.6 is 0 Å². The zero-order chi connectivity index (χ0) is 15.5. The number of hydrogen-bond acceptors (Lipinski definition) is 4. The first-order chi connectivity index (χ1) is 9.93. The van der Waals surface area contributed by atoms with Crippen molar-refractivity contribution in [2.24, 2.45) is 0 Å². The number of sulfone groups is 1. The second kappa shape index (κ2) is 6.58. The van der Waals surface area contributed by atoms with E-state index in [1.54, 1.807) is 18.1 Å². The molecule has 21 heavy (non-hydrogen) atoms. The van der Waals surface area contributed by atoms with Gasteiger partial charge < -0.3 is 9.64 Å². The molecule has 1 aliphatic heterocycles. The van der Waals surface area contributed by atoms with E-state index in [2.05, 4.69) is 0 Å². The van der Waals surface area contributed by atoms with Crippen molar-refractivity contribution in [1.82, 2.24) is 4.90 Å². The summed E-state index contributed by atoms with van der Waals surface area (Å²) < 4.78 is 28.4. The summed E-state index contributed by atoms with van der Waals surface area (Å²) >= 11 is 0. The maximum atomic E-state index is 12.7. The third-order valence-electron chi connectivity index (χ3n) is 3.71. The molecule has 1 aromatic carbocycles. The third kappa shape index (κ3) is 4.04. The second-order valence-corrected chi connectivity index (χ2v) is 7.65. The minimum atomic E-state index is -3.02. The number of amides is 1. The first-order valence-electron chi connectivity index (χ1n) is 7.00. The molecular formula is C15H21NO4S. The number of hydrogen-bond donors (Lipinski definition) is 0. The molecular weight excluding hydrogens is 290 g/mol. The van der Waals surface area contributed by atoms with Crippen LogP contribution in [0.25, 0.3) is 0 Å². The fraction of sp³-hybridized carbons (Fsp3) is 0.533. The van der Waals surface area contributed by atoms with Crippen LogP contribution in [0.5, 0.6) is 0 Å². The minimum Gasteiger partial charge on any atom is -0.383 e. The lowest BCUT2D eigenvalue weighted by Gasteiger charge is -2.28. The Bertz CT molecular complexity index is 612. The highest BCUT2D eigenvalue weighted by Gasteiger charge is 2.34. The van der Waals surface area contributed by atoms with E-state index >= 15 is 0 Å². The van der Waals surface area contributed by atoms with Gasteiger partial charge in [0.15, 0.2) is 9.84 Å². The highest BCUT2D eigenvalue weighted by molar-refractivity contribution is 7.91. The van der Waals surface area contributed by atoms with Crippen LogP contribution in [-0.4, -0.2) is 57.0 Å². The van der Waals surface area contributed by atoms with Crippen molar-refractivity contribution in [3.05, 3.63) is 35.4 Å². The molecule has 1 heterocycles. The van der Waals surface area contributed by atoms with E-state index in [-0.39, 0.29) is 23.5 Å². The predicted octanol–water partition coefficient (Wildman–Crippen LogP) is 1.27. The third-order valence-corrected chi connectivity index (χ3v) is 5.46. The van der Waals surface area contributed by atoms with Crippen LogP contribution in [0.1, 0.15) is 22.3 Å². The lowest BCUT2D eigenvalue weighted by atomic mass is 10.1. The largest absolute Gasteiger partial charge is 0.383 e. The molecule has 2 rings (SSSR count). The van der Waals surface area contributed by atoms with Crippen LogP contribution < -0.4 is 0 Å². The molecule has 1 aromatic rings. The van der Waals surface area contributed by atoms with E-state index < -0.39 is 9.84 Å². The molecule has 0 aromatic heterocycles. The van der Waals surface area contributed by atoms with Crippen LogP contribution in [0.3, 0.4) is 0 Å². The number of methoxy groups -OCH3 is 1. The Labute approximate surface area is 125 Å². The normalized spacial score (nSPS) is 20.4. The van der Waals surface area contributed by atoms with E-state index in [4.69, 9.17) is 4.74 Å². The van der Waals surface area contributed by atoms with E-state index in [0.29, 0.717) is 25.1 Å². The van der Waals surface area contributed by atoms with Gasteiger partial charge in [-0.25, -0.2) is 8.42 Å². The van der Waals surface area contributed by atoms with E-state index in [1.807, 2.05) is 25.1 Å². The van der Waals surface area contributed by atoms with Gasteiger partial charge in [0.1, 0.15) is 0 Å². The fourth-order valence-corrected chi connectivity index (χ4v) is 4.34. The maximum absolute atomic E-state index is 12.7. The summed E-state index contributed by atoms with van der Waals surface area (Å²) in [6.07, 6.45) is 0.504. The van der Waals surface area contributed by atoms with Crippen molar-refractivity contribution in [3.8, 4) is 0 Å². The molecule has 1 saturated heterocycles. The maximum Gasteiger partial charge on any atom is 0.254 e. The van der Waals surface area contributed by atoms with Crippen LogP contribution in [0.4, 0.5) is 0 Å². The molecule has 0 spiro atoms. The van der Waals surface area contributed by atoms with E-state index in [9.17, 15) is 13.2 Å². The average Bonchev–Trinajstić information content (AvgIpc) is 2.79. The first-order valence-corrected chi connectivity index (χ1v) is 8.82. The summed E-state index contributed by atoms with van der Waals surface area (Å²) in [5.74, 6) is 0.0779. The summed E-state index contributed by atoms with van der Waals surface area (Å²) in [5, 5.41) is 0. The number of aryl methyl sites for hydroxylation is 1.